The summed E-state index contributed by atoms with van der Waals surface area (Å²) in [4.78, 5) is 24.8. The Morgan fingerprint density at radius 3 is 1.93 bits per heavy atom. The summed E-state index contributed by atoms with van der Waals surface area (Å²) in [5.74, 6) is -0.429. The molecule has 1 N–H and O–H groups in total. The van der Waals surface area contributed by atoms with E-state index >= 15 is 0 Å². The third-order valence-corrected chi connectivity index (χ3v) is 4.72. The van der Waals surface area contributed by atoms with Crippen LogP contribution in [-0.4, -0.2) is 24.0 Å². The molecule has 0 amide bonds. The van der Waals surface area contributed by atoms with E-state index in [1.807, 2.05) is 0 Å². The van der Waals surface area contributed by atoms with Crippen LogP contribution in [0.15, 0.2) is 78.9 Å². The van der Waals surface area contributed by atoms with Gasteiger partial charge >= 0.3 is 5.97 Å². The second kappa shape index (κ2) is 8.71. The lowest BCUT2D eigenvalue weighted by atomic mass is 9.86. The van der Waals surface area contributed by atoms with Crippen molar-refractivity contribution in [1.29, 1.82) is 0 Å². The zero-order chi connectivity index (χ0) is 20.9. The first-order chi connectivity index (χ1) is 14.0. The summed E-state index contributed by atoms with van der Waals surface area (Å²) < 4.78 is 10.8. The van der Waals surface area contributed by atoms with Crippen molar-refractivity contribution >= 4 is 11.8 Å². The maximum atomic E-state index is 13.1. The molecule has 5 heteroatoms. The Kier molecular flexibility index (Phi) is 6.10. The standard InChI is InChI=1S/C24H22O5/c1-17(25)18-13-14-22(28-2)19(15-18)16-29-23(26)24(27,20-9-5-3-6-10-20)21-11-7-4-8-12-21/h3-15,27H,16H2,1-2H3. The van der Waals surface area contributed by atoms with Crippen molar-refractivity contribution in [3.63, 3.8) is 0 Å². The molecule has 0 aromatic heterocycles. The summed E-state index contributed by atoms with van der Waals surface area (Å²) in [5, 5.41) is 11.4. The van der Waals surface area contributed by atoms with Gasteiger partial charge in [-0.15, -0.1) is 0 Å². The molecule has 3 aromatic rings. The normalized spacial score (nSPS) is 11.0. The second-order valence-corrected chi connectivity index (χ2v) is 6.60. The van der Waals surface area contributed by atoms with E-state index in [-0.39, 0.29) is 12.4 Å². The number of rotatable bonds is 7. The number of esters is 1. The molecule has 0 aliphatic carbocycles. The highest BCUT2D eigenvalue weighted by Gasteiger charge is 2.41. The summed E-state index contributed by atoms with van der Waals surface area (Å²) in [7, 11) is 1.50. The van der Waals surface area contributed by atoms with Gasteiger partial charge in [0.05, 0.1) is 7.11 Å². The zero-order valence-corrected chi connectivity index (χ0v) is 16.3. The van der Waals surface area contributed by atoms with Crippen LogP contribution in [-0.2, 0) is 21.7 Å². The molecular weight excluding hydrogens is 368 g/mol. The van der Waals surface area contributed by atoms with Crippen LogP contribution in [0.3, 0.4) is 0 Å². The highest BCUT2D eigenvalue weighted by Crippen LogP contribution is 2.32. The van der Waals surface area contributed by atoms with Crippen molar-refractivity contribution in [2.24, 2.45) is 0 Å². The summed E-state index contributed by atoms with van der Waals surface area (Å²) in [6.45, 7) is 1.31. The summed E-state index contributed by atoms with van der Waals surface area (Å²) in [6, 6.07) is 22.2. The van der Waals surface area contributed by atoms with Gasteiger partial charge in [0, 0.05) is 11.1 Å². The first kappa shape index (κ1) is 20.3. The Labute approximate surface area is 169 Å². The monoisotopic (exact) mass is 390 g/mol. The average molecular weight is 390 g/mol. The zero-order valence-electron chi connectivity index (χ0n) is 16.3. The fraction of sp³-hybridized carbons (Fsp3) is 0.167. The van der Waals surface area contributed by atoms with Crippen LogP contribution >= 0.6 is 0 Å². The fourth-order valence-corrected chi connectivity index (χ4v) is 3.12. The van der Waals surface area contributed by atoms with Crippen molar-refractivity contribution in [1.82, 2.24) is 0 Å². The summed E-state index contributed by atoms with van der Waals surface area (Å²) >= 11 is 0. The number of aliphatic hydroxyl groups is 1. The maximum absolute atomic E-state index is 13.1. The molecule has 0 spiro atoms. The Balaban J connectivity index is 1.93. The van der Waals surface area contributed by atoms with Gasteiger partial charge in [-0.3, -0.25) is 4.79 Å². The number of ketones is 1. The van der Waals surface area contributed by atoms with Crippen LogP contribution in [0.25, 0.3) is 0 Å². The fourth-order valence-electron chi connectivity index (χ4n) is 3.12. The Hall–Kier alpha value is -3.44. The van der Waals surface area contributed by atoms with Crippen molar-refractivity contribution in [3.8, 4) is 5.75 Å². The van der Waals surface area contributed by atoms with Gasteiger partial charge in [-0.2, -0.15) is 0 Å². The number of ether oxygens (including phenoxy) is 2. The Morgan fingerprint density at radius 2 is 1.45 bits per heavy atom. The lowest BCUT2D eigenvalue weighted by Gasteiger charge is -2.27. The lowest BCUT2D eigenvalue weighted by molar-refractivity contribution is -0.163. The number of hydrogen-bond donors (Lipinski definition) is 1. The second-order valence-electron chi connectivity index (χ2n) is 6.60. The van der Waals surface area contributed by atoms with Crippen molar-refractivity contribution in [3.05, 3.63) is 101 Å². The number of benzene rings is 3. The number of carbonyl (C=O) groups is 2. The first-order valence-corrected chi connectivity index (χ1v) is 9.15. The van der Waals surface area contributed by atoms with Gasteiger partial charge in [-0.25, -0.2) is 4.79 Å². The van der Waals surface area contributed by atoms with E-state index in [9.17, 15) is 14.7 Å². The highest BCUT2D eigenvalue weighted by atomic mass is 16.6. The molecule has 0 radical (unpaired) electrons. The van der Waals surface area contributed by atoms with E-state index in [1.54, 1.807) is 78.9 Å². The van der Waals surface area contributed by atoms with Crippen LogP contribution in [0, 0.1) is 0 Å². The Morgan fingerprint density at radius 1 is 0.897 bits per heavy atom. The first-order valence-electron chi connectivity index (χ1n) is 9.15. The molecule has 3 rings (SSSR count). The maximum Gasteiger partial charge on any atom is 0.348 e. The van der Waals surface area contributed by atoms with Gasteiger partial charge in [0.1, 0.15) is 12.4 Å². The molecule has 5 nitrogen and oxygen atoms in total. The van der Waals surface area contributed by atoms with Crippen LogP contribution < -0.4 is 4.74 Å². The third-order valence-electron chi connectivity index (χ3n) is 4.72. The molecular formula is C24H22O5. The lowest BCUT2D eigenvalue weighted by Crippen LogP contribution is -2.38. The molecule has 0 bridgehead atoms. The number of methoxy groups -OCH3 is 1. The SMILES string of the molecule is COc1ccc(C(C)=O)cc1COC(=O)C(O)(c1ccccc1)c1ccccc1. The van der Waals surface area contributed by atoms with Gasteiger partial charge < -0.3 is 14.6 Å². The molecule has 3 aromatic carbocycles. The number of hydrogen-bond acceptors (Lipinski definition) is 5. The topological polar surface area (TPSA) is 72.8 Å². The molecule has 0 atom stereocenters. The summed E-state index contributed by atoms with van der Waals surface area (Å²) in [6.07, 6.45) is 0. The molecule has 0 unspecified atom stereocenters. The van der Waals surface area contributed by atoms with E-state index in [4.69, 9.17) is 9.47 Å². The van der Waals surface area contributed by atoms with E-state index in [1.165, 1.54) is 14.0 Å². The minimum atomic E-state index is -1.96. The van der Waals surface area contributed by atoms with E-state index in [0.29, 0.717) is 28.0 Å². The molecule has 29 heavy (non-hydrogen) atoms. The van der Waals surface area contributed by atoms with Crippen molar-refractivity contribution in [2.45, 2.75) is 19.1 Å². The quantitative estimate of drug-likeness (QED) is 0.490. The van der Waals surface area contributed by atoms with Gasteiger partial charge in [-0.05, 0) is 36.2 Å². The third kappa shape index (κ3) is 4.20. The minimum Gasteiger partial charge on any atom is -0.496 e. The molecule has 148 valence electrons. The van der Waals surface area contributed by atoms with Gasteiger partial charge in [0.25, 0.3) is 0 Å². The van der Waals surface area contributed by atoms with Crippen LogP contribution in [0.2, 0.25) is 0 Å². The van der Waals surface area contributed by atoms with E-state index in [2.05, 4.69) is 0 Å². The molecule has 0 heterocycles. The van der Waals surface area contributed by atoms with Crippen molar-refractivity contribution in [2.75, 3.05) is 7.11 Å². The molecule has 0 aliphatic rings. The van der Waals surface area contributed by atoms with Gasteiger partial charge in [0.2, 0.25) is 5.60 Å². The largest absolute Gasteiger partial charge is 0.496 e. The molecule has 0 fully saturated rings. The van der Waals surface area contributed by atoms with Gasteiger partial charge in [0.15, 0.2) is 5.78 Å². The van der Waals surface area contributed by atoms with Crippen LogP contribution in [0.1, 0.15) is 34.0 Å². The smallest absolute Gasteiger partial charge is 0.348 e. The van der Waals surface area contributed by atoms with Crippen LogP contribution in [0.4, 0.5) is 0 Å². The molecule has 0 saturated heterocycles. The van der Waals surface area contributed by atoms with E-state index in [0.717, 1.165) is 0 Å². The number of carbonyl (C=O) groups excluding carboxylic acids is 2. The minimum absolute atomic E-state index is 0.106. The van der Waals surface area contributed by atoms with Gasteiger partial charge in [-0.1, -0.05) is 60.7 Å². The molecule has 0 aliphatic heterocycles. The predicted molar refractivity (Wildman–Crippen MR) is 109 cm³/mol. The molecule has 0 saturated carbocycles. The summed E-state index contributed by atoms with van der Waals surface area (Å²) in [5.41, 5.74) is -0.134. The van der Waals surface area contributed by atoms with E-state index < -0.39 is 11.6 Å². The van der Waals surface area contributed by atoms with Crippen LogP contribution in [0.5, 0.6) is 5.75 Å². The Bertz CT molecular complexity index is 957. The number of Topliss-reactive ketones (excluding diaryl/α,β-unsaturated/α-hetero) is 1. The van der Waals surface area contributed by atoms with Crippen molar-refractivity contribution < 1.29 is 24.2 Å². The average Bonchev–Trinajstić information content (AvgIpc) is 2.77. The highest BCUT2D eigenvalue weighted by molar-refractivity contribution is 5.94. The predicted octanol–water partition coefficient (Wildman–Crippen LogP) is 3.88.